The minimum Gasteiger partial charge on any atom is -0.393 e. The van der Waals surface area contributed by atoms with Gasteiger partial charge in [-0.05, 0) is 19.1 Å². The molecule has 1 unspecified atom stereocenters. The molecule has 0 aromatic carbocycles. The standard InChI is InChI=1S/C10H13N3OS/c1-7(9(11)15)10(14)13-6-8-4-2-3-5-12-8/h2-5,7H,6H2,1H3,(H2,11,15)(H,13,14). The smallest absolute Gasteiger partial charge is 0.229 e. The van der Waals surface area contributed by atoms with Gasteiger partial charge in [0.1, 0.15) is 0 Å². The monoisotopic (exact) mass is 223 g/mol. The molecule has 4 nitrogen and oxygen atoms in total. The van der Waals surface area contributed by atoms with Gasteiger partial charge in [0, 0.05) is 6.20 Å². The molecule has 0 saturated heterocycles. The van der Waals surface area contributed by atoms with Crippen LogP contribution in [-0.2, 0) is 11.3 Å². The van der Waals surface area contributed by atoms with E-state index < -0.39 is 5.92 Å². The van der Waals surface area contributed by atoms with E-state index in [1.165, 1.54) is 0 Å². The van der Waals surface area contributed by atoms with E-state index in [0.29, 0.717) is 6.54 Å². The molecular formula is C10H13N3OS. The number of aromatic nitrogens is 1. The van der Waals surface area contributed by atoms with E-state index in [9.17, 15) is 4.79 Å². The summed E-state index contributed by atoms with van der Waals surface area (Å²) in [4.78, 5) is 15.7. The van der Waals surface area contributed by atoms with Crippen LogP contribution in [0.2, 0.25) is 0 Å². The lowest BCUT2D eigenvalue weighted by Crippen LogP contribution is -2.35. The van der Waals surface area contributed by atoms with Gasteiger partial charge in [-0.1, -0.05) is 18.3 Å². The number of amides is 1. The molecule has 1 atom stereocenters. The van der Waals surface area contributed by atoms with Crippen LogP contribution in [0.25, 0.3) is 0 Å². The molecule has 1 heterocycles. The molecule has 0 fully saturated rings. The molecule has 0 radical (unpaired) electrons. The highest BCUT2D eigenvalue weighted by atomic mass is 32.1. The molecule has 1 aromatic heterocycles. The van der Waals surface area contributed by atoms with Gasteiger partial charge < -0.3 is 11.1 Å². The largest absolute Gasteiger partial charge is 0.393 e. The first kappa shape index (κ1) is 11.6. The molecule has 80 valence electrons. The van der Waals surface area contributed by atoms with Crippen LogP contribution < -0.4 is 11.1 Å². The minimum absolute atomic E-state index is 0.173. The Hall–Kier alpha value is -1.49. The van der Waals surface area contributed by atoms with Crippen LogP contribution in [0.1, 0.15) is 12.6 Å². The van der Waals surface area contributed by atoms with Crippen molar-refractivity contribution in [2.75, 3.05) is 0 Å². The van der Waals surface area contributed by atoms with Crippen molar-refractivity contribution >= 4 is 23.1 Å². The highest BCUT2D eigenvalue weighted by molar-refractivity contribution is 7.80. The molecule has 0 bridgehead atoms. The maximum Gasteiger partial charge on any atom is 0.229 e. The highest BCUT2D eigenvalue weighted by Crippen LogP contribution is 1.97. The lowest BCUT2D eigenvalue weighted by molar-refractivity contribution is -0.122. The fourth-order valence-electron chi connectivity index (χ4n) is 0.963. The predicted molar refractivity (Wildman–Crippen MR) is 62.0 cm³/mol. The summed E-state index contributed by atoms with van der Waals surface area (Å²) in [5.41, 5.74) is 6.17. The van der Waals surface area contributed by atoms with Gasteiger partial charge in [-0.25, -0.2) is 0 Å². The summed E-state index contributed by atoms with van der Waals surface area (Å²) in [6, 6.07) is 5.53. The van der Waals surface area contributed by atoms with Gasteiger partial charge in [-0.15, -0.1) is 0 Å². The quantitative estimate of drug-likeness (QED) is 0.734. The van der Waals surface area contributed by atoms with Crippen molar-refractivity contribution in [3.8, 4) is 0 Å². The molecular weight excluding hydrogens is 210 g/mol. The molecule has 1 aromatic rings. The van der Waals surface area contributed by atoms with Gasteiger partial charge in [-0.2, -0.15) is 0 Å². The number of nitrogens with two attached hydrogens (primary N) is 1. The number of thiocarbonyl (C=S) groups is 1. The summed E-state index contributed by atoms with van der Waals surface area (Å²) in [7, 11) is 0. The first-order valence-corrected chi connectivity index (χ1v) is 4.99. The van der Waals surface area contributed by atoms with Crippen LogP contribution >= 0.6 is 12.2 Å². The minimum atomic E-state index is -0.441. The van der Waals surface area contributed by atoms with Crippen molar-refractivity contribution < 1.29 is 4.79 Å². The van der Waals surface area contributed by atoms with Crippen LogP contribution in [0.5, 0.6) is 0 Å². The number of hydrogen-bond donors (Lipinski definition) is 2. The Morgan fingerprint density at radius 1 is 1.67 bits per heavy atom. The Morgan fingerprint density at radius 2 is 2.40 bits per heavy atom. The van der Waals surface area contributed by atoms with Crippen LogP contribution in [-0.4, -0.2) is 15.9 Å². The molecule has 0 aliphatic heterocycles. The van der Waals surface area contributed by atoms with Gasteiger partial charge in [0.15, 0.2) is 0 Å². The van der Waals surface area contributed by atoms with Crippen molar-refractivity contribution in [2.45, 2.75) is 13.5 Å². The van der Waals surface area contributed by atoms with Gasteiger partial charge >= 0.3 is 0 Å². The number of pyridine rings is 1. The van der Waals surface area contributed by atoms with Crippen molar-refractivity contribution in [1.82, 2.24) is 10.3 Å². The van der Waals surface area contributed by atoms with Crippen molar-refractivity contribution in [2.24, 2.45) is 11.7 Å². The molecule has 5 heteroatoms. The van der Waals surface area contributed by atoms with Crippen molar-refractivity contribution in [3.05, 3.63) is 30.1 Å². The summed E-state index contributed by atoms with van der Waals surface area (Å²) in [5, 5.41) is 2.71. The Bertz CT molecular complexity index is 353. The molecule has 0 saturated carbocycles. The molecule has 0 spiro atoms. The number of nitrogens with one attached hydrogen (secondary N) is 1. The van der Waals surface area contributed by atoms with Gasteiger partial charge in [-0.3, -0.25) is 9.78 Å². The molecule has 1 rings (SSSR count). The molecule has 15 heavy (non-hydrogen) atoms. The van der Waals surface area contributed by atoms with Gasteiger partial charge in [0.05, 0.1) is 23.1 Å². The zero-order chi connectivity index (χ0) is 11.3. The van der Waals surface area contributed by atoms with E-state index in [1.807, 2.05) is 18.2 Å². The number of hydrogen-bond acceptors (Lipinski definition) is 3. The zero-order valence-corrected chi connectivity index (χ0v) is 9.25. The summed E-state index contributed by atoms with van der Waals surface area (Å²) >= 11 is 4.73. The third kappa shape index (κ3) is 3.63. The van der Waals surface area contributed by atoms with Crippen LogP contribution in [0.4, 0.5) is 0 Å². The van der Waals surface area contributed by atoms with E-state index in [-0.39, 0.29) is 10.9 Å². The first-order chi connectivity index (χ1) is 7.11. The lowest BCUT2D eigenvalue weighted by Gasteiger charge is -2.09. The summed E-state index contributed by atoms with van der Waals surface area (Å²) < 4.78 is 0. The van der Waals surface area contributed by atoms with Gasteiger partial charge in [0.2, 0.25) is 5.91 Å². The predicted octanol–water partition coefficient (Wildman–Crippen LogP) is 0.620. The summed E-state index contributed by atoms with van der Waals surface area (Å²) in [6.07, 6.45) is 1.68. The van der Waals surface area contributed by atoms with Crippen molar-refractivity contribution in [1.29, 1.82) is 0 Å². The highest BCUT2D eigenvalue weighted by Gasteiger charge is 2.14. The lowest BCUT2D eigenvalue weighted by atomic mass is 10.1. The maximum absolute atomic E-state index is 11.5. The maximum atomic E-state index is 11.5. The van der Waals surface area contributed by atoms with Crippen LogP contribution in [0.3, 0.4) is 0 Å². The summed E-state index contributed by atoms with van der Waals surface area (Å²) in [5.74, 6) is -0.614. The zero-order valence-electron chi connectivity index (χ0n) is 8.43. The van der Waals surface area contributed by atoms with Crippen molar-refractivity contribution in [3.63, 3.8) is 0 Å². The first-order valence-electron chi connectivity index (χ1n) is 4.58. The van der Waals surface area contributed by atoms with E-state index in [0.717, 1.165) is 5.69 Å². The third-order valence-electron chi connectivity index (χ3n) is 1.99. The second-order valence-corrected chi connectivity index (χ2v) is 3.63. The van der Waals surface area contributed by atoms with E-state index >= 15 is 0 Å². The summed E-state index contributed by atoms with van der Waals surface area (Å²) in [6.45, 7) is 2.07. The van der Waals surface area contributed by atoms with Crippen LogP contribution in [0.15, 0.2) is 24.4 Å². The van der Waals surface area contributed by atoms with Crippen LogP contribution in [0, 0.1) is 5.92 Å². The molecule has 1 amide bonds. The third-order valence-corrected chi connectivity index (χ3v) is 2.34. The Kier molecular flexibility index (Phi) is 4.17. The number of nitrogens with zero attached hydrogens (tertiary/aromatic N) is 1. The van der Waals surface area contributed by atoms with E-state index in [1.54, 1.807) is 13.1 Å². The second kappa shape index (κ2) is 5.41. The number of rotatable bonds is 4. The topological polar surface area (TPSA) is 68.0 Å². The average molecular weight is 223 g/mol. The van der Waals surface area contributed by atoms with E-state index in [2.05, 4.69) is 10.3 Å². The normalized spacial score (nSPS) is 11.8. The number of carbonyl (C=O) groups is 1. The molecule has 0 aliphatic carbocycles. The van der Waals surface area contributed by atoms with E-state index in [4.69, 9.17) is 18.0 Å². The number of carbonyl (C=O) groups excluding carboxylic acids is 1. The average Bonchev–Trinajstić information content (AvgIpc) is 2.26. The SMILES string of the molecule is CC(C(=O)NCc1ccccn1)C(N)=S. The molecule has 3 N–H and O–H groups in total. The Labute approximate surface area is 93.9 Å². The molecule has 0 aliphatic rings. The fourth-order valence-corrected chi connectivity index (χ4v) is 1.07. The Balaban J connectivity index is 2.44. The Morgan fingerprint density at radius 3 is 2.93 bits per heavy atom. The second-order valence-electron chi connectivity index (χ2n) is 3.16. The van der Waals surface area contributed by atoms with Gasteiger partial charge in [0.25, 0.3) is 0 Å². The fraction of sp³-hybridized carbons (Fsp3) is 0.300.